The monoisotopic (exact) mass is 370 g/mol. The molecule has 2 fully saturated rings. The van der Waals surface area contributed by atoms with Crippen molar-refractivity contribution in [3.05, 3.63) is 34.4 Å². The molecule has 0 radical (unpaired) electrons. The Balaban J connectivity index is 1.39. The van der Waals surface area contributed by atoms with Gasteiger partial charge in [-0.05, 0) is 31.4 Å². The molecule has 142 valence electrons. The van der Waals surface area contributed by atoms with Gasteiger partial charge in [0.15, 0.2) is 0 Å². The summed E-state index contributed by atoms with van der Waals surface area (Å²) in [6.07, 6.45) is 3.52. The molecule has 8 heteroatoms. The van der Waals surface area contributed by atoms with Gasteiger partial charge in [0.2, 0.25) is 11.8 Å². The van der Waals surface area contributed by atoms with Crippen molar-refractivity contribution in [3.8, 4) is 5.75 Å². The van der Waals surface area contributed by atoms with Crippen LogP contribution in [0.3, 0.4) is 0 Å². The molecule has 4 rings (SSSR count). The maximum absolute atomic E-state index is 12.5. The fourth-order valence-corrected chi connectivity index (χ4v) is 4.03. The molecule has 1 aromatic heterocycles. The number of aryl methyl sites for hydroxylation is 1. The fourth-order valence-electron chi connectivity index (χ4n) is 4.03. The van der Waals surface area contributed by atoms with E-state index >= 15 is 0 Å². The number of aromatic amines is 1. The number of amides is 2. The third kappa shape index (κ3) is 3.39. The zero-order valence-electron chi connectivity index (χ0n) is 15.0. The van der Waals surface area contributed by atoms with Crippen LogP contribution in [0.1, 0.15) is 37.9 Å². The largest absolute Gasteiger partial charge is 0.506 e. The Morgan fingerprint density at radius 3 is 2.70 bits per heavy atom. The summed E-state index contributed by atoms with van der Waals surface area (Å²) in [6, 6.07) is 4.67. The first-order valence-corrected chi connectivity index (χ1v) is 9.25. The number of rotatable bonds is 3. The molecule has 2 saturated heterocycles. The van der Waals surface area contributed by atoms with E-state index in [1.165, 1.54) is 6.07 Å². The Labute approximate surface area is 155 Å². The zero-order valence-corrected chi connectivity index (χ0v) is 15.0. The SMILES string of the molecule is O=C1CCC2(CCN(C(=O)CCc3nc4c(O)cccc4c(=O)[nH]3)CC2)N1. The van der Waals surface area contributed by atoms with E-state index in [4.69, 9.17) is 0 Å². The third-order valence-electron chi connectivity index (χ3n) is 5.65. The van der Waals surface area contributed by atoms with Crippen molar-refractivity contribution in [1.29, 1.82) is 0 Å². The van der Waals surface area contributed by atoms with Gasteiger partial charge < -0.3 is 20.3 Å². The minimum Gasteiger partial charge on any atom is -0.506 e. The van der Waals surface area contributed by atoms with Crippen molar-refractivity contribution in [2.24, 2.45) is 0 Å². The lowest BCUT2D eigenvalue weighted by molar-refractivity contribution is -0.132. The normalized spacial score (nSPS) is 18.8. The number of benzene rings is 1. The second-order valence-electron chi connectivity index (χ2n) is 7.40. The van der Waals surface area contributed by atoms with Crippen LogP contribution >= 0.6 is 0 Å². The first-order valence-electron chi connectivity index (χ1n) is 9.25. The number of aromatic hydroxyl groups is 1. The van der Waals surface area contributed by atoms with Crippen LogP contribution < -0.4 is 10.9 Å². The van der Waals surface area contributed by atoms with E-state index in [9.17, 15) is 19.5 Å². The average Bonchev–Trinajstić information content (AvgIpc) is 3.01. The Bertz CT molecular complexity index is 960. The quantitative estimate of drug-likeness (QED) is 0.740. The van der Waals surface area contributed by atoms with E-state index in [1.807, 2.05) is 4.90 Å². The number of hydrogen-bond acceptors (Lipinski definition) is 5. The van der Waals surface area contributed by atoms with E-state index in [-0.39, 0.29) is 40.6 Å². The summed E-state index contributed by atoms with van der Waals surface area (Å²) in [7, 11) is 0. The zero-order chi connectivity index (χ0) is 19.0. The highest BCUT2D eigenvalue weighted by Gasteiger charge is 2.40. The molecule has 1 aromatic carbocycles. The van der Waals surface area contributed by atoms with E-state index in [0.29, 0.717) is 37.1 Å². The number of nitrogens with zero attached hydrogens (tertiary/aromatic N) is 2. The standard InChI is InChI=1S/C19H22N4O4/c24-13-3-1-2-12-17(13)20-14(21-18(12)27)4-5-16(26)23-10-8-19(9-11-23)7-6-15(25)22-19/h1-3,24H,4-11H2,(H,22,25)(H,20,21,27). The van der Waals surface area contributed by atoms with Gasteiger partial charge in [0.1, 0.15) is 17.1 Å². The number of carbonyl (C=O) groups is 2. The van der Waals surface area contributed by atoms with Gasteiger partial charge in [0.25, 0.3) is 5.56 Å². The summed E-state index contributed by atoms with van der Waals surface area (Å²) in [4.78, 5) is 44.9. The molecule has 1 spiro atoms. The van der Waals surface area contributed by atoms with Gasteiger partial charge in [0.05, 0.1) is 5.39 Å². The molecule has 2 aliphatic rings. The number of likely N-dealkylation sites (tertiary alicyclic amines) is 1. The Hall–Kier alpha value is -2.90. The molecule has 3 heterocycles. The fraction of sp³-hybridized carbons (Fsp3) is 0.474. The minimum atomic E-state index is -0.324. The summed E-state index contributed by atoms with van der Waals surface area (Å²) in [6.45, 7) is 1.25. The van der Waals surface area contributed by atoms with Crippen molar-refractivity contribution in [1.82, 2.24) is 20.2 Å². The summed E-state index contributed by atoms with van der Waals surface area (Å²) in [5.41, 5.74) is -0.202. The van der Waals surface area contributed by atoms with E-state index in [0.717, 1.165) is 19.3 Å². The van der Waals surface area contributed by atoms with Crippen LogP contribution in [-0.4, -0.2) is 50.4 Å². The lowest BCUT2D eigenvalue weighted by Gasteiger charge is -2.39. The molecule has 27 heavy (non-hydrogen) atoms. The number of nitrogens with one attached hydrogen (secondary N) is 2. The van der Waals surface area contributed by atoms with Gasteiger partial charge >= 0.3 is 0 Å². The first-order chi connectivity index (χ1) is 13.0. The van der Waals surface area contributed by atoms with Crippen LogP contribution in [0, 0.1) is 0 Å². The molecule has 0 bridgehead atoms. The lowest BCUT2D eigenvalue weighted by atomic mass is 9.86. The lowest BCUT2D eigenvalue weighted by Crippen LogP contribution is -2.52. The molecule has 2 aromatic rings. The molecule has 0 saturated carbocycles. The van der Waals surface area contributed by atoms with Gasteiger partial charge in [-0.2, -0.15) is 0 Å². The van der Waals surface area contributed by atoms with E-state index < -0.39 is 0 Å². The maximum Gasteiger partial charge on any atom is 0.258 e. The van der Waals surface area contributed by atoms with Gasteiger partial charge in [-0.3, -0.25) is 14.4 Å². The molecule has 3 N–H and O–H groups in total. The molecule has 0 aliphatic carbocycles. The predicted molar refractivity (Wildman–Crippen MR) is 98.3 cm³/mol. The van der Waals surface area contributed by atoms with Crippen LogP contribution in [0.15, 0.2) is 23.0 Å². The smallest absolute Gasteiger partial charge is 0.258 e. The molecule has 8 nitrogen and oxygen atoms in total. The number of hydrogen-bond donors (Lipinski definition) is 3. The number of phenolic OH excluding ortho intramolecular Hbond substituents is 1. The highest BCUT2D eigenvalue weighted by atomic mass is 16.3. The highest BCUT2D eigenvalue weighted by molar-refractivity contribution is 5.83. The summed E-state index contributed by atoms with van der Waals surface area (Å²) >= 11 is 0. The predicted octanol–water partition coefficient (Wildman–Crippen LogP) is 0.832. The molecule has 2 amide bonds. The Kier molecular flexibility index (Phi) is 4.33. The maximum atomic E-state index is 12.5. The van der Waals surface area contributed by atoms with Gasteiger partial charge in [0, 0.05) is 37.9 Å². The van der Waals surface area contributed by atoms with Crippen molar-refractivity contribution in [2.75, 3.05) is 13.1 Å². The molecule has 2 aliphatic heterocycles. The van der Waals surface area contributed by atoms with Crippen molar-refractivity contribution in [2.45, 2.75) is 44.1 Å². The number of carbonyl (C=O) groups excluding carboxylic acids is 2. The number of phenols is 1. The van der Waals surface area contributed by atoms with Gasteiger partial charge in [-0.1, -0.05) is 6.07 Å². The Morgan fingerprint density at radius 1 is 1.22 bits per heavy atom. The summed E-state index contributed by atoms with van der Waals surface area (Å²) in [5.74, 6) is 0.448. The first kappa shape index (κ1) is 17.5. The van der Waals surface area contributed by atoms with Crippen LogP contribution in [0.25, 0.3) is 10.9 Å². The number of aromatic nitrogens is 2. The van der Waals surface area contributed by atoms with E-state index in [1.54, 1.807) is 12.1 Å². The Morgan fingerprint density at radius 2 is 2.00 bits per heavy atom. The highest BCUT2D eigenvalue weighted by Crippen LogP contribution is 2.31. The topological polar surface area (TPSA) is 115 Å². The number of piperidine rings is 1. The van der Waals surface area contributed by atoms with Crippen LogP contribution in [0.5, 0.6) is 5.75 Å². The third-order valence-corrected chi connectivity index (χ3v) is 5.65. The van der Waals surface area contributed by atoms with Crippen LogP contribution in [0.2, 0.25) is 0 Å². The minimum absolute atomic E-state index is 0.00852. The summed E-state index contributed by atoms with van der Waals surface area (Å²) in [5, 5.41) is 13.3. The number of fused-ring (bicyclic) bond motifs is 1. The van der Waals surface area contributed by atoms with Gasteiger partial charge in [-0.25, -0.2) is 4.98 Å². The number of para-hydroxylation sites is 1. The number of H-pyrrole nitrogens is 1. The summed E-state index contributed by atoms with van der Waals surface area (Å²) < 4.78 is 0. The van der Waals surface area contributed by atoms with E-state index in [2.05, 4.69) is 15.3 Å². The average molecular weight is 370 g/mol. The van der Waals surface area contributed by atoms with Crippen molar-refractivity contribution >= 4 is 22.7 Å². The second-order valence-corrected chi connectivity index (χ2v) is 7.40. The van der Waals surface area contributed by atoms with Gasteiger partial charge in [-0.15, -0.1) is 0 Å². The van der Waals surface area contributed by atoms with Crippen molar-refractivity contribution in [3.63, 3.8) is 0 Å². The molecular weight excluding hydrogens is 348 g/mol. The van der Waals surface area contributed by atoms with Crippen LogP contribution in [-0.2, 0) is 16.0 Å². The van der Waals surface area contributed by atoms with Crippen LogP contribution in [0.4, 0.5) is 0 Å². The van der Waals surface area contributed by atoms with Crippen molar-refractivity contribution < 1.29 is 14.7 Å². The molecule has 0 atom stereocenters. The molecule has 0 unspecified atom stereocenters. The molecular formula is C19H22N4O4. The second kappa shape index (κ2) is 6.68.